The van der Waals surface area contributed by atoms with Gasteiger partial charge in [-0.15, -0.1) is 0 Å². The van der Waals surface area contributed by atoms with Crippen molar-refractivity contribution in [2.75, 3.05) is 31.5 Å². The lowest BCUT2D eigenvalue weighted by Gasteiger charge is -2.59. The molecule has 1 N–H and O–H groups in total. The molecule has 8 nitrogen and oxygen atoms in total. The fourth-order valence-corrected chi connectivity index (χ4v) is 4.73. The normalized spacial score (nSPS) is 17.6. The number of benzene rings is 1. The van der Waals surface area contributed by atoms with Crippen molar-refractivity contribution in [3.05, 3.63) is 59.3 Å². The van der Waals surface area contributed by atoms with Crippen LogP contribution in [-0.4, -0.2) is 62.2 Å². The lowest BCUT2D eigenvalue weighted by atomic mass is 9.72. The van der Waals surface area contributed by atoms with Crippen molar-refractivity contribution in [2.24, 2.45) is 5.41 Å². The summed E-state index contributed by atoms with van der Waals surface area (Å²) in [6.45, 7) is 5.65. The maximum absolute atomic E-state index is 14.6. The zero-order valence-electron chi connectivity index (χ0n) is 18.6. The Balaban J connectivity index is 1.32. The fourth-order valence-electron chi connectivity index (χ4n) is 4.73. The molecule has 2 amide bonds. The summed E-state index contributed by atoms with van der Waals surface area (Å²) in [6, 6.07) is 4.85. The predicted octanol–water partition coefficient (Wildman–Crippen LogP) is 3.28. The minimum absolute atomic E-state index is 0.0129. The van der Waals surface area contributed by atoms with Crippen LogP contribution in [0.4, 0.5) is 19.1 Å². The van der Waals surface area contributed by atoms with Gasteiger partial charge in [-0.25, -0.2) is 23.1 Å². The number of amides is 2. The number of likely N-dealkylation sites (tertiary alicyclic amines) is 2. The van der Waals surface area contributed by atoms with Gasteiger partial charge in [0.05, 0.1) is 11.6 Å². The second-order valence-electron chi connectivity index (χ2n) is 9.08. The van der Waals surface area contributed by atoms with Crippen molar-refractivity contribution in [1.29, 1.82) is 0 Å². The van der Waals surface area contributed by atoms with Crippen LogP contribution in [0.25, 0.3) is 5.65 Å². The lowest BCUT2D eigenvalue weighted by Crippen LogP contribution is -2.73. The minimum Gasteiger partial charge on any atom is -0.349 e. The van der Waals surface area contributed by atoms with Gasteiger partial charge in [0.25, 0.3) is 12.3 Å². The van der Waals surface area contributed by atoms with Crippen molar-refractivity contribution in [1.82, 2.24) is 24.2 Å². The highest BCUT2D eigenvalue weighted by Crippen LogP contribution is 2.40. The van der Waals surface area contributed by atoms with Gasteiger partial charge >= 0.3 is 0 Å². The first-order chi connectivity index (χ1) is 16.2. The number of hydrogen-bond acceptors (Lipinski definition) is 5. The third-order valence-corrected chi connectivity index (χ3v) is 6.54. The minimum atomic E-state index is -2.91. The number of fused-ring (bicyclic) bond motifs is 1. The molecule has 1 atom stereocenters. The van der Waals surface area contributed by atoms with E-state index in [9.17, 15) is 22.8 Å². The lowest BCUT2D eigenvalue weighted by molar-refractivity contribution is -0.152. The largest absolute Gasteiger partial charge is 0.349 e. The van der Waals surface area contributed by atoms with E-state index in [-0.39, 0.29) is 28.5 Å². The molecule has 11 heteroatoms. The van der Waals surface area contributed by atoms with E-state index in [1.165, 1.54) is 25.3 Å². The van der Waals surface area contributed by atoms with E-state index in [1.807, 2.05) is 0 Å². The van der Waals surface area contributed by atoms with Crippen LogP contribution >= 0.6 is 0 Å². The molecule has 0 radical (unpaired) electrons. The number of carbonyl (C=O) groups is 2. The number of halogens is 3. The van der Waals surface area contributed by atoms with Crippen molar-refractivity contribution >= 4 is 23.4 Å². The number of nitrogens with zero attached hydrogens (tertiary/aromatic N) is 5. The maximum atomic E-state index is 14.6. The Kier molecular flexibility index (Phi) is 5.22. The molecule has 4 heterocycles. The van der Waals surface area contributed by atoms with Crippen molar-refractivity contribution in [3.8, 4) is 0 Å². The average Bonchev–Trinajstić information content (AvgIpc) is 3.16. The van der Waals surface area contributed by atoms with Gasteiger partial charge < -0.3 is 15.1 Å². The summed E-state index contributed by atoms with van der Waals surface area (Å²) in [5.41, 5.74) is 0.127. The van der Waals surface area contributed by atoms with E-state index < -0.39 is 23.8 Å². The number of rotatable bonds is 5. The van der Waals surface area contributed by atoms with Crippen LogP contribution in [0.15, 0.2) is 36.7 Å². The third kappa shape index (κ3) is 3.64. The molecule has 178 valence electrons. The number of carbonyl (C=O) groups excluding carboxylic acids is 2. The molecule has 2 aromatic heterocycles. The fraction of sp³-hybridized carbons (Fsp3) is 0.391. The summed E-state index contributed by atoms with van der Waals surface area (Å²) < 4.78 is 42.3. The molecule has 0 unspecified atom stereocenters. The summed E-state index contributed by atoms with van der Waals surface area (Å²) in [5.74, 6) is -0.838. The molecule has 5 rings (SSSR count). The average molecular weight is 472 g/mol. The summed E-state index contributed by atoms with van der Waals surface area (Å²) in [7, 11) is 0. The molecule has 2 aliphatic rings. The van der Waals surface area contributed by atoms with Crippen LogP contribution in [0.1, 0.15) is 47.9 Å². The molecule has 2 fully saturated rings. The summed E-state index contributed by atoms with van der Waals surface area (Å²) in [6.07, 6.45) is 0.141. The number of imidazole rings is 1. The Hall–Kier alpha value is -3.63. The highest BCUT2D eigenvalue weighted by molar-refractivity contribution is 5.93. The Bertz CT molecular complexity index is 1280. The second kappa shape index (κ2) is 8.00. The number of anilines is 1. The van der Waals surface area contributed by atoms with Crippen LogP contribution in [0.5, 0.6) is 0 Å². The van der Waals surface area contributed by atoms with Gasteiger partial charge in [-0.2, -0.15) is 0 Å². The molecule has 3 aromatic rings. The van der Waals surface area contributed by atoms with Crippen LogP contribution < -0.4 is 5.32 Å². The van der Waals surface area contributed by atoms with Crippen molar-refractivity contribution in [2.45, 2.75) is 26.3 Å². The third-order valence-electron chi connectivity index (χ3n) is 6.54. The molecule has 2 aliphatic heterocycles. The van der Waals surface area contributed by atoms with E-state index in [2.05, 4.69) is 15.3 Å². The topological polar surface area (TPSA) is 82.8 Å². The monoisotopic (exact) mass is 472 g/mol. The first kappa shape index (κ1) is 22.2. The van der Waals surface area contributed by atoms with E-state index in [0.29, 0.717) is 37.8 Å². The SMILES string of the molecule is CC(=O)N1CC2(C1)CN(C(=O)c1cn3c(N[C@H](C)c4cccc(C(F)F)c4F)nccc3n1)C2. The van der Waals surface area contributed by atoms with Crippen molar-refractivity contribution < 1.29 is 22.8 Å². The van der Waals surface area contributed by atoms with Gasteiger partial charge in [0.1, 0.15) is 17.2 Å². The molecule has 1 spiro atoms. The second-order valence-corrected chi connectivity index (χ2v) is 9.08. The van der Waals surface area contributed by atoms with Crippen LogP contribution in [0, 0.1) is 11.2 Å². The Morgan fingerprint density at radius 1 is 1.09 bits per heavy atom. The highest BCUT2D eigenvalue weighted by atomic mass is 19.3. The van der Waals surface area contributed by atoms with Crippen LogP contribution in [0.3, 0.4) is 0 Å². The predicted molar refractivity (Wildman–Crippen MR) is 117 cm³/mol. The Morgan fingerprint density at radius 2 is 1.76 bits per heavy atom. The maximum Gasteiger partial charge on any atom is 0.274 e. The van der Waals surface area contributed by atoms with Gasteiger partial charge in [-0.05, 0) is 13.0 Å². The number of alkyl halides is 2. The van der Waals surface area contributed by atoms with E-state index in [1.54, 1.807) is 33.4 Å². The smallest absolute Gasteiger partial charge is 0.274 e. The Labute approximate surface area is 193 Å². The van der Waals surface area contributed by atoms with E-state index >= 15 is 0 Å². The van der Waals surface area contributed by atoms with Gasteiger partial charge in [-0.3, -0.25) is 14.0 Å². The number of nitrogens with one attached hydrogen (secondary N) is 1. The standard InChI is InChI=1S/C23H23F3N6O2/c1-13(15-4-3-5-16(19(15)24)20(25)26)28-22-27-7-6-18-29-17(8-32(18)22)21(34)31-11-23(12-31)9-30(10-23)14(2)33/h3-8,13,20H,9-12H2,1-2H3,(H,27,28)/t13-/m1/s1. The summed E-state index contributed by atoms with van der Waals surface area (Å²) >= 11 is 0. The molecule has 1 aromatic carbocycles. The highest BCUT2D eigenvalue weighted by Gasteiger charge is 2.54. The van der Waals surface area contributed by atoms with Gasteiger partial charge in [-0.1, -0.05) is 18.2 Å². The molecular formula is C23H23F3N6O2. The molecule has 0 bridgehead atoms. The van der Waals surface area contributed by atoms with E-state index in [0.717, 1.165) is 6.07 Å². The quantitative estimate of drug-likeness (QED) is 0.616. The molecule has 0 aliphatic carbocycles. The van der Waals surface area contributed by atoms with Crippen LogP contribution in [0.2, 0.25) is 0 Å². The Morgan fingerprint density at radius 3 is 2.44 bits per heavy atom. The van der Waals surface area contributed by atoms with Gasteiger partial charge in [0, 0.05) is 56.5 Å². The first-order valence-corrected chi connectivity index (χ1v) is 10.9. The zero-order chi connectivity index (χ0) is 24.2. The van der Waals surface area contributed by atoms with Crippen LogP contribution in [-0.2, 0) is 4.79 Å². The number of aromatic nitrogens is 3. The van der Waals surface area contributed by atoms with E-state index in [4.69, 9.17) is 0 Å². The first-order valence-electron chi connectivity index (χ1n) is 10.9. The molecular weight excluding hydrogens is 449 g/mol. The van der Waals surface area contributed by atoms with Gasteiger partial charge in [0.15, 0.2) is 0 Å². The van der Waals surface area contributed by atoms with Gasteiger partial charge in [0.2, 0.25) is 11.9 Å². The molecule has 2 saturated heterocycles. The summed E-state index contributed by atoms with van der Waals surface area (Å²) in [5, 5.41) is 3.03. The van der Waals surface area contributed by atoms with Crippen molar-refractivity contribution in [3.63, 3.8) is 0 Å². The number of hydrogen-bond donors (Lipinski definition) is 1. The molecule has 0 saturated carbocycles. The zero-order valence-corrected chi connectivity index (χ0v) is 18.6. The molecule has 34 heavy (non-hydrogen) atoms. The summed E-state index contributed by atoms with van der Waals surface area (Å²) in [4.78, 5) is 36.5.